The van der Waals surface area contributed by atoms with Gasteiger partial charge in [-0.3, -0.25) is 9.20 Å². The quantitative estimate of drug-likeness (QED) is 0.508. The van der Waals surface area contributed by atoms with E-state index in [2.05, 4.69) is 30.1 Å². The molecule has 6 nitrogen and oxygen atoms in total. The van der Waals surface area contributed by atoms with Crippen molar-refractivity contribution in [1.29, 1.82) is 5.26 Å². The van der Waals surface area contributed by atoms with Crippen LogP contribution in [0.5, 0.6) is 0 Å². The predicted molar refractivity (Wildman–Crippen MR) is 107 cm³/mol. The van der Waals surface area contributed by atoms with Crippen LogP contribution in [0.4, 0.5) is 0 Å². The van der Waals surface area contributed by atoms with Crippen LogP contribution in [0.1, 0.15) is 25.3 Å². The summed E-state index contributed by atoms with van der Waals surface area (Å²) in [6, 6.07) is 17.4. The van der Waals surface area contributed by atoms with Gasteiger partial charge in [0.15, 0.2) is 5.16 Å². The molecule has 0 bridgehead atoms. The Kier molecular flexibility index (Phi) is 4.42. The van der Waals surface area contributed by atoms with Crippen molar-refractivity contribution in [2.45, 2.75) is 24.9 Å². The van der Waals surface area contributed by atoms with Gasteiger partial charge in [-0.2, -0.15) is 5.26 Å². The summed E-state index contributed by atoms with van der Waals surface area (Å²) in [5.41, 5.74) is 2.47. The number of aromatic nitrogens is 4. The van der Waals surface area contributed by atoms with Gasteiger partial charge in [0.2, 0.25) is 5.78 Å². The first-order valence-corrected chi connectivity index (χ1v) is 9.60. The lowest BCUT2D eigenvalue weighted by Gasteiger charge is -2.16. The van der Waals surface area contributed by atoms with Gasteiger partial charge in [0, 0.05) is 0 Å². The number of para-hydroxylation sites is 2. The van der Waals surface area contributed by atoms with Gasteiger partial charge >= 0.3 is 0 Å². The molecule has 2 aromatic carbocycles. The molecule has 0 radical (unpaired) electrons. The summed E-state index contributed by atoms with van der Waals surface area (Å²) in [7, 11) is 0. The second kappa shape index (κ2) is 6.89. The number of benzene rings is 2. The molecule has 0 aliphatic heterocycles. The fourth-order valence-corrected chi connectivity index (χ4v) is 3.87. The van der Waals surface area contributed by atoms with Gasteiger partial charge in [0.25, 0.3) is 5.56 Å². The fraction of sp³-hybridized carbons (Fsp3) is 0.200. The molecule has 2 aromatic heterocycles. The summed E-state index contributed by atoms with van der Waals surface area (Å²) >= 11 is 1.30. The van der Waals surface area contributed by atoms with Crippen molar-refractivity contribution in [2.75, 3.05) is 5.75 Å². The van der Waals surface area contributed by atoms with Crippen LogP contribution >= 0.6 is 11.8 Å². The Bertz CT molecular complexity index is 1250. The number of fused-ring (bicyclic) bond motifs is 3. The zero-order valence-electron chi connectivity index (χ0n) is 15.0. The van der Waals surface area contributed by atoms with Gasteiger partial charge < -0.3 is 0 Å². The molecule has 4 aromatic rings. The molecular formula is C20H17N5OS. The van der Waals surface area contributed by atoms with Crippen LogP contribution in [0.2, 0.25) is 0 Å². The maximum absolute atomic E-state index is 13.4. The molecule has 0 saturated carbocycles. The van der Waals surface area contributed by atoms with Crippen LogP contribution < -0.4 is 5.56 Å². The van der Waals surface area contributed by atoms with E-state index >= 15 is 0 Å². The van der Waals surface area contributed by atoms with E-state index in [1.807, 2.05) is 52.9 Å². The zero-order valence-corrected chi connectivity index (χ0v) is 15.8. The number of hydrogen-bond acceptors (Lipinski definition) is 5. The third kappa shape index (κ3) is 2.78. The SMILES string of the molecule is CC(C)c1ccccc1-n1c(=O)c2ccccc2n2c(SCC#N)nnc12. The van der Waals surface area contributed by atoms with E-state index in [1.165, 1.54) is 11.8 Å². The molecular weight excluding hydrogens is 358 g/mol. The molecule has 0 saturated heterocycles. The third-order valence-electron chi connectivity index (χ3n) is 4.46. The maximum atomic E-state index is 13.4. The lowest BCUT2D eigenvalue weighted by atomic mass is 10.0. The number of hydrogen-bond donors (Lipinski definition) is 0. The molecule has 0 unspecified atom stereocenters. The summed E-state index contributed by atoms with van der Waals surface area (Å²) in [6.45, 7) is 4.19. The van der Waals surface area contributed by atoms with Gasteiger partial charge in [0.1, 0.15) is 0 Å². The highest BCUT2D eigenvalue weighted by atomic mass is 32.2. The summed E-state index contributed by atoms with van der Waals surface area (Å²) in [5, 5.41) is 18.7. The minimum Gasteiger partial charge on any atom is -0.268 e. The van der Waals surface area contributed by atoms with Gasteiger partial charge in [-0.1, -0.05) is 55.9 Å². The lowest BCUT2D eigenvalue weighted by molar-refractivity contribution is 0.837. The number of thioether (sulfide) groups is 1. The molecule has 27 heavy (non-hydrogen) atoms. The molecule has 2 heterocycles. The predicted octanol–water partition coefficient (Wildman–Crippen LogP) is 3.77. The summed E-state index contributed by atoms with van der Waals surface area (Å²) in [5.74, 6) is 0.957. The zero-order chi connectivity index (χ0) is 19.0. The first-order valence-electron chi connectivity index (χ1n) is 8.61. The van der Waals surface area contributed by atoms with E-state index < -0.39 is 0 Å². The molecule has 0 spiro atoms. The molecule has 0 atom stereocenters. The Hall–Kier alpha value is -3.11. The van der Waals surface area contributed by atoms with Crippen molar-refractivity contribution in [3.8, 4) is 11.8 Å². The van der Waals surface area contributed by atoms with Gasteiger partial charge in [-0.05, 0) is 29.7 Å². The summed E-state index contributed by atoms with van der Waals surface area (Å²) in [6.07, 6.45) is 0. The van der Waals surface area contributed by atoms with Crippen molar-refractivity contribution in [3.63, 3.8) is 0 Å². The Morgan fingerprint density at radius 1 is 1.11 bits per heavy atom. The van der Waals surface area contributed by atoms with Crippen molar-refractivity contribution < 1.29 is 0 Å². The molecule has 0 fully saturated rings. The van der Waals surface area contributed by atoms with Crippen LogP contribution in [-0.2, 0) is 0 Å². The second-order valence-electron chi connectivity index (χ2n) is 6.44. The van der Waals surface area contributed by atoms with Crippen molar-refractivity contribution in [3.05, 3.63) is 64.4 Å². The number of nitriles is 1. The average molecular weight is 375 g/mol. The highest BCUT2D eigenvalue weighted by Gasteiger charge is 2.19. The molecule has 0 aliphatic rings. The van der Waals surface area contributed by atoms with Crippen LogP contribution in [0, 0.1) is 11.3 Å². The van der Waals surface area contributed by atoms with E-state index in [1.54, 1.807) is 4.57 Å². The Morgan fingerprint density at radius 3 is 2.63 bits per heavy atom. The van der Waals surface area contributed by atoms with Gasteiger partial charge in [-0.15, -0.1) is 10.2 Å². The van der Waals surface area contributed by atoms with E-state index in [4.69, 9.17) is 5.26 Å². The first-order chi connectivity index (χ1) is 13.1. The largest absolute Gasteiger partial charge is 0.268 e. The standard InChI is InChI=1S/C20H17N5OS/c1-13(2)14-7-3-5-9-16(14)24-18(26)15-8-4-6-10-17(15)25-19(24)22-23-20(25)27-12-11-21/h3-10,13H,12H2,1-2H3. The van der Waals surface area contributed by atoms with E-state index in [-0.39, 0.29) is 17.2 Å². The van der Waals surface area contributed by atoms with E-state index in [0.29, 0.717) is 16.3 Å². The Labute approximate surface area is 160 Å². The Morgan fingerprint density at radius 2 is 1.85 bits per heavy atom. The van der Waals surface area contributed by atoms with Gasteiger partial charge in [-0.25, -0.2) is 4.57 Å². The molecule has 134 valence electrons. The monoisotopic (exact) mass is 375 g/mol. The van der Waals surface area contributed by atoms with Crippen LogP contribution in [0.3, 0.4) is 0 Å². The molecule has 0 amide bonds. The van der Waals surface area contributed by atoms with E-state index in [0.717, 1.165) is 16.8 Å². The van der Waals surface area contributed by atoms with Crippen LogP contribution in [0.25, 0.3) is 22.4 Å². The van der Waals surface area contributed by atoms with Crippen molar-refractivity contribution >= 4 is 28.4 Å². The lowest BCUT2D eigenvalue weighted by Crippen LogP contribution is -2.23. The third-order valence-corrected chi connectivity index (χ3v) is 5.26. The molecule has 7 heteroatoms. The Balaban J connectivity index is 2.16. The maximum Gasteiger partial charge on any atom is 0.267 e. The smallest absolute Gasteiger partial charge is 0.267 e. The van der Waals surface area contributed by atoms with Gasteiger partial charge in [0.05, 0.1) is 28.4 Å². The number of rotatable bonds is 4. The molecule has 0 N–H and O–H groups in total. The highest BCUT2D eigenvalue weighted by Crippen LogP contribution is 2.26. The normalized spacial score (nSPS) is 11.3. The summed E-state index contributed by atoms with van der Waals surface area (Å²) < 4.78 is 3.48. The fourth-order valence-electron chi connectivity index (χ4n) is 3.27. The number of nitrogens with zero attached hydrogens (tertiary/aromatic N) is 5. The first kappa shape index (κ1) is 17.3. The van der Waals surface area contributed by atoms with E-state index in [9.17, 15) is 4.79 Å². The topological polar surface area (TPSA) is 76.0 Å². The second-order valence-corrected chi connectivity index (χ2v) is 7.38. The minimum atomic E-state index is -0.129. The molecule has 4 rings (SSSR count). The van der Waals surface area contributed by atoms with Crippen LogP contribution in [0.15, 0.2) is 58.5 Å². The van der Waals surface area contributed by atoms with Crippen molar-refractivity contribution in [1.82, 2.24) is 19.2 Å². The van der Waals surface area contributed by atoms with Crippen LogP contribution in [-0.4, -0.2) is 24.9 Å². The average Bonchev–Trinajstić information content (AvgIpc) is 3.10. The highest BCUT2D eigenvalue weighted by molar-refractivity contribution is 7.99. The summed E-state index contributed by atoms with van der Waals surface area (Å²) in [4.78, 5) is 13.4. The molecule has 0 aliphatic carbocycles. The minimum absolute atomic E-state index is 0.129. The van der Waals surface area contributed by atoms with Crippen molar-refractivity contribution in [2.24, 2.45) is 0 Å².